The number of hydrogen-bond acceptors (Lipinski definition) is 1. The van der Waals surface area contributed by atoms with E-state index in [4.69, 9.17) is 0 Å². The van der Waals surface area contributed by atoms with Crippen LogP contribution in [0.1, 0.15) is 0 Å². The normalized spacial score (nSPS) is 12.0. The van der Waals surface area contributed by atoms with E-state index in [0.29, 0.717) is 0 Å². The van der Waals surface area contributed by atoms with Crippen LogP contribution >= 0.6 is 0 Å². The maximum Gasteiger partial charge on any atom is 0.263 e. The van der Waals surface area contributed by atoms with Crippen molar-refractivity contribution in [3.63, 3.8) is 0 Å². The van der Waals surface area contributed by atoms with Crippen molar-refractivity contribution in [1.29, 1.82) is 0 Å². The highest BCUT2D eigenvalue weighted by Gasteiger charge is 2.17. The number of hydrogen-bond donors (Lipinski definition) is 0. The SMILES string of the molecule is O=c1c2ccccc2c2cccc3c4cc(-c5ccc(-c6ccc(-c7ccc8c9ccccc9c9ccccc9c8c7)cc6)cc5)ccc4n1c23. The van der Waals surface area contributed by atoms with Crippen LogP contribution in [-0.4, -0.2) is 4.40 Å². The number of benzene rings is 9. The van der Waals surface area contributed by atoms with E-state index in [1.807, 2.05) is 22.6 Å². The van der Waals surface area contributed by atoms with Gasteiger partial charge < -0.3 is 0 Å². The highest BCUT2D eigenvalue weighted by atomic mass is 16.1. The van der Waals surface area contributed by atoms with Crippen LogP contribution in [0.15, 0.2) is 181 Å². The van der Waals surface area contributed by atoms with Crippen LogP contribution in [0.2, 0.25) is 0 Å². The fraction of sp³-hybridized carbons (Fsp3) is 0. The fourth-order valence-electron chi connectivity index (χ4n) is 8.50. The average molecular weight is 648 g/mol. The lowest BCUT2D eigenvalue weighted by molar-refractivity contribution is 1.21. The molecule has 0 spiro atoms. The van der Waals surface area contributed by atoms with Crippen molar-refractivity contribution < 1.29 is 0 Å². The second-order valence-electron chi connectivity index (χ2n) is 13.6. The van der Waals surface area contributed by atoms with E-state index in [0.717, 1.165) is 49.1 Å². The molecule has 2 nitrogen and oxygen atoms in total. The summed E-state index contributed by atoms with van der Waals surface area (Å²) in [6.45, 7) is 0. The van der Waals surface area contributed by atoms with Gasteiger partial charge in [0, 0.05) is 21.5 Å². The van der Waals surface area contributed by atoms with Crippen molar-refractivity contribution in [2.24, 2.45) is 0 Å². The maximum atomic E-state index is 13.7. The van der Waals surface area contributed by atoms with Crippen LogP contribution < -0.4 is 5.56 Å². The minimum atomic E-state index is 0.0372. The molecule has 0 atom stereocenters. The Morgan fingerprint density at radius 1 is 0.275 bits per heavy atom. The zero-order valence-electron chi connectivity index (χ0n) is 27.6. The Labute approximate surface area is 293 Å². The van der Waals surface area contributed by atoms with Gasteiger partial charge in [-0.1, -0.05) is 152 Å². The van der Waals surface area contributed by atoms with Gasteiger partial charge in [0.15, 0.2) is 0 Å². The number of para-hydroxylation sites is 1. The van der Waals surface area contributed by atoms with E-state index >= 15 is 0 Å². The summed E-state index contributed by atoms with van der Waals surface area (Å²) in [7, 11) is 0. The van der Waals surface area contributed by atoms with E-state index < -0.39 is 0 Å². The third kappa shape index (κ3) is 4.08. The zero-order valence-corrected chi connectivity index (χ0v) is 27.6. The van der Waals surface area contributed by atoms with Crippen LogP contribution in [0.25, 0.3) is 104 Å². The molecule has 0 aliphatic carbocycles. The first-order valence-electron chi connectivity index (χ1n) is 17.5. The van der Waals surface area contributed by atoms with E-state index in [9.17, 15) is 4.79 Å². The van der Waals surface area contributed by atoms with Gasteiger partial charge in [-0.2, -0.15) is 0 Å². The highest BCUT2D eigenvalue weighted by molar-refractivity contribution is 6.26. The third-order valence-electron chi connectivity index (χ3n) is 11.0. The van der Waals surface area contributed by atoms with Gasteiger partial charge in [0.1, 0.15) is 0 Å². The third-order valence-corrected chi connectivity index (χ3v) is 11.0. The molecule has 51 heavy (non-hydrogen) atoms. The molecule has 0 saturated heterocycles. The van der Waals surface area contributed by atoms with Crippen LogP contribution in [0.4, 0.5) is 0 Å². The predicted molar refractivity (Wildman–Crippen MR) is 216 cm³/mol. The number of aromatic nitrogens is 1. The first kappa shape index (κ1) is 28.1. The van der Waals surface area contributed by atoms with Gasteiger partial charge in [-0.15, -0.1) is 0 Å². The van der Waals surface area contributed by atoms with E-state index in [-0.39, 0.29) is 5.56 Å². The summed E-state index contributed by atoms with van der Waals surface area (Å²) >= 11 is 0. The van der Waals surface area contributed by atoms with Crippen LogP contribution in [0, 0.1) is 0 Å². The highest BCUT2D eigenvalue weighted by Crippen LogP contribution is 2.39. The molecule has 0 radical (unpaired) electrons. The Kier molecular flexibility index (Phi) is 5.85. The molecule has 0 amide bonds. The lowest BCUT2D eigenvalue weighted by Crippen LogP contribution is -2.12. The molecule has 0 aliphatic heterocycles. The van der Waals surface area contributed by atoms with E-state index in [1.165, 1.54) is 54.6 Å². The summed E-state index contributed by atoms with van der Waals surface area (Å²) < 4.78 is 1.90. The van der Waals surface area contributed by atoms with Gasteiger partial charge in [-0.25, -0.2) is 0 Å². The van der Waals surface area contributed by atoms with Gasteiger partial charge in [0.25, 0.3) is 5.56 Å². The predicted octanol–water partition coefficient (Wildman–Crippen LogP) is 12.7. The Morgan fingerprint density at radius 3 is 1.18 bits per heavy atom. The van der Waals surface area contributed by atoms with Crippen molar-refractivity contribution in [3.05, 3.63) is 186 Å². The van der Waals surface area contributed by atoms with E-state index in [2.05, 4.69) is 158 Å². The molecule has 0 unspecified atom stereocenters. The summed E-state index contributed by atoms with van der Waals surface area (Å²) in [5.41, 5.74) is 9.05. The molecule has 2 heteroatoms. The smallest absolute Gasteiger partial charge is 0.263 e. The van der Waals surface area contributed by atoms with Crippen molar-refractivity contribution in [3.8, 4) is 33.4 Å². The molecule has 236 valence electrons. The second-order valence-corrected chi connectivity index (χ2v) is 13.6. The maximum absolute atomic E-state index is 13.7. The Morgan fingerprint density at radius 2 is 0.627 bits per heavy atom. The standard InChI is InChI=1S/C49H29NO/c51-49-44-13-6-5-12-40(44)42-14-7-15-43-46-29-35(25-27-47(46)50(49)48(42)43)33-22-18-31(19-23-33)30-16-20-32(21-17-30)34-24-26-41-38-10-2-1-8-36(38)37-9-3-4-11-39(37)45(41)28-34/h1-29H. The largest absolute Gasteiger partial charge is 0.275 e. The summed E-state index contributed by atoms with van der Waals surface area (Å²) in [6, 6.07) is 62.8. The molecule has 11 rings (SSSR count). The molecule has 0 fully saturated rings. The Balaban J connectivity index is 0.946. The first-order valence-corrected chi connectivity index (χ1v) is 17.5. The number of nitrogens with zero attached hydrogens (tertiary/aromatic N) is 1. The molecule has 0 aliphatic rings. The van der Waals surface area contributed by atoms with Gasteiger partial charge in [0.2, 0.25) is 0 Å². The van der Waals surface area contributed by atoms with Gasteiger partial charge in [0.05, 0.1) is 11.0 Å². The number of fused-ring (bicyclic) bond motifs is 11. The molecule has 11 aromatic rings. The molecule has 2 heterocycles. The van der Waals surface area contributed by atoms with Gasteiger partial charge >= 0.3 is 0 Å². The van der Waals surface area contributed by atoms with Gasteiger partial charge in [-0.05, 0) is 95.3 Å². The van der Waals surface area contributed by atoms with Crippen molar-refractivity contribution in [2.45, 2.75) is 0 Å². The van der Waals surface area contributed by atoms with Crippen LogP contribution in [0.5, 0.6) is 0 Å². The molecule has 2 aromatic heterocycles. The summed E-state index contributed by atoms with van der Waals surface area (Å²) in [5, 5.41) is 12.8. The molecule has 9 aromatic carbocycles. The van der Waals surface area contributed by atoms with E-state index in [1.54, 1.807) is 0 Å². The lowest BCUT2D eigenvalue weighted by atomic mass is 9.91. The summed E-state index contributed by atoms with van der Waals surface area (Å²) in [6.07, 6.45) is 0. The second kappa shape index (κ2) is 10.6. The molecule has 0 bridgehead atoms. The molecule has 0 saturated carbocycles. The van der Waals surface area contributed by atoms with Crippen molar-refractivity contribution in [2.75, 3.05) is 0 Å². The first-order chi connectivity index (χ1) is 25.2. The Hall–Kier alpha value is -6.77. The van der Waals surface area contributed by atoms with Crippen molar-refractivity contribution in [1.82, 2.24) is 4.40 Å². The lowest BCUT2D eigenvalue weighted by Gasteiger charge is -2.12. The summed E-state index contributed by atoms with van der Waals surface area (Å²) in [5.74, 6) is 0. The quantitative estimate of drug-likeness (QED) is 0.175. The van der Waals surface area contributed by atoms with Crippen LogP contribution in [0.3, 0.4) is 0 Å². The summed E-state index contributed by atoms with van der Waals surface area (Å²) in [4.78, 5) is 13.7. The molecule has 0 N–H and O–H groups in total. The Bertz CT molecular complexity index is 3210. The number of rotatable bonds is 3. The zero-order chi connectivity index (χ0) is 33.6. The molecular weight excluding hydrogens is 619 g/mol. The molecular formula is C49H29NO. The topological polar surface area (TPSA) is 21.5 Å². The number of pyridine rings is 1. The monoisotopic (exact) mass is 647 g/mol. The minimum Gasteiger partial charge on any atom is -0.275 e. The van der Waals surface area contributed by atoms with Crippen molar-refractivity contribution >= 4 is 70.3 Å². The fourth-order valence-corrected chi connectivity index (χ4v) is 8.50. The average Bonchev–Trinajstić information content (AvgIpc) is 3.54. The van der Waals surface area contributed by atoms with Crippen LogP contribution in [-0.2, 0) is 0 Å². The minimum absolute atomic E-state index is 0.0372. The van der Waals surface area contributed by atoms with Gasteiger partial charge in [-0.3, -0.25) is 9.20 Å².